The van der Waals surface area contributed by atoms with Gasteiger partial charge in [0.2, 0.25) is 5.91 Å². The van der Waals surface area contributed by atoms with E-state index in [-0.39, 0.29) is 11.8 Å². The molecule has 168 valence electrons. The standard InChI is InChI=1S/C26H26ClN5O/c27-22-11-5-4-10-21(22)23-17-24-25(28-14-16-32(24)30-23)31-15-6-9-20(18-31)26(33)29-13-12-19-7-2-1-3-8-19/h1-5,7-8,10-11,14,16-17,20H,6,9,12-13,15,18H2,(H,29,33). The fourth-order valence-electron chi connectivity index (χ4n) is 4.46. The highest BCUT2D eigenvalue weighted by Crippen LogP contribution is 2.31. The molecule has 1 amide bonds. The molecule has 1 unspecified atom stereocenters. The summed E-state index contributed by atoms with van der Waals surface area (Å²) in [5.74, 6) is 0.917. The molecule has 1 fully saturated rings. The molecular formula is C26H26ClN5O. The first-order valence-electron chi connectivity index (χ1n) is 11.3. The van der Waals surface area contributed by atoms with Gasteiger partial charge >= 0.3 is 0 Å². The van der Waals surface area contributed by atoms with Crippen molar-refractivity contribution in [2.75, 3.05) is 24.5 Å². The quantitative estimate of drug-likeness (QED) is 0.457. The minimum Gasteiger partial charge on any atom is -0.355 e. The average Bonchev–Trinajstić information content (AvgIpc) is 3.29. The van der Waals surface area contributed by atoms with Gasteiger partial charge in [0.15, 0.2) is 5.82 Å². The van der Waals surface area contributed by atoms with Crippen LogP contribution in [0.2, 0.25) is 5.02 Å². The number of aromatic nitrogens is 3. The maximum Gasteiger partial charge on any atom is 0.224 e. The van der Waals surface area contributed by atoms with Crippen LogP contribution < -0.4 is 10.2 Å². The maximum atomic E-state index is 12.9. The summed E-state index contributed by atoms with van der Waals surface area (Å²) in [6.45, 7) is 2.17. The number of halogens is 1. The van der Waals surface area contributed by atoms with Crippen LogP contribution >= 0.6 is 11.6 Å². The number of hydrogen-bond donors (Lipinski definition) is 1. The van der Waals surface area contributed by atoms with Gasteiger partial charge < -0.3 is 10.2 Å². The highest BCUT2D eigenvalue weighted by atomic mass is 35.5. The first kappa shape index (κ1) is 21.5. The van der Waals surface area contributed by atoms with Gasteiger partial charge in [0.05, 0.1) is 16.6 Å². The molecule has 1 aliphatic heterocycles. The number of amides is 1. The van der Waals surface area contributed by atoms with E-state index >= 15 is 0 Å². The number of nitrogens with zero attached hydrogens (tertiary/aromatic N) is 4. The Labute approximate surface area is 198 Å². The molecular weight excluding hydrogens is 434 g/mol. The molecule has 1 atom stereocenters. The van der Waals surface area contributed by atoms with Gasteiger partial charge in [0.25, 0.3) is 0 Å². The number of fused-ring (bicyclic) bond motifs is 1. The number of benzene rings is 2. The summed E-state index contributed by atoms with van der Waals surface area (Å²) < 4.78 is 1.84. The van der Waals surface area contributed by atoms with Gasteiger partial charge in [0, 0.05) is 37.6 Å². The van der Waals surface area contributed by atoms with E-state index in [4.69, 9.17) is 16.7 Å². The predicted molar refractivity (Wildman–Crippen MR) is 132 cm³/mol. The van der Waals surface area contributed by atoms with Crippen LogP contribution in [0.5, 0.6) is 0 Å². The van der Waals surface area contributed by atoms with Crippen molar-refractivity contribution in [1.29, 1.82) is 0 Å². The number of carbonyl (C=O) groups is 1. The lowest BCUT2D eigenvalue weighted by Crippen LogP contribution is -2.44. The van der Waals surface area contributed by atoms with E-state index in [1.807, 2.05) is 59.2 Å². The summed E-state index contributed by atoms with van der Waals surface area (Å²) in [5.41, 5.74) is 3.84. The van der Waals surface area contributed by atoms with Gasteiger partial charge in [0.1, 0.15) is 5.52 Å². The second-order valence-electron chi connectivity index (χ2n) is 8.40. The summed E-state index contributed by atoms with van der Waals surface area (Å²) in [6.07, 6.45) is 6.28. The van der Waals surface area contributed by atoms with E-state index in [9.17, 15) is 4.79 Å². The second-order valence-corrected chi connectivity index (χ2v) is 8.81. The monoisotopic (exact) mass is 459 g/mol. The molecule has 0 saturated carbocycles. The lowest BCUT2D eigenvalue weighted by molar-refractivity contribution is -0.125. The third-order valence-electron chi connectivity index (χ3n) is 6.17. The van der Waals surface area contributed by atoms with Crippen molar-refractivity contribution in [2.24, 2.45) is 5.92 Å². The Bertz CT molecular complexity index is 1260. The zero-order chi connectivity index (χ0) is 22.6. The summed E-state index contributed by atoms with van der Waals surface area (Å²) in [5, 5.41) is 8.50. The van der Waals surface area contributed by atoms with E-state index in [0.717, 1.165) is 48.4 Å². The van der Waals surface area contributed by atoms with Gasteiger partial charge in [-0.2, -0.15) is 5.10 Å². The molecule has 1 N–H and O–H groups in total. The molecule has 33 heavy (non-hydrogen) atoms. The van der Waals surface area contributed by atoms with Gasteiger partial charge in [-0.1, -0.05) is 60.1 Å². The van der Waals surface area contributed by atoms with E-state index in [2.05, 4.69) is 27.3 Å². The van der Waals surface area contributed by atoms with Crippen molar-refractivity contribution in [1.82, 2.24) is 19.9 Å². The van der Waals surface area contributed by atoms with Crippen molar-refractivity contribution < 1.29 is 4.79 Å². The molecule has 0 aliphatic carbocycles. The van der Waals surface area contributed by atoms with E-state index in [1.54, 1.807) is 6.20 Å². The zero-order valence-electron chi connectivity index (χ0n) is 18.3. The largest absolute Gasteiger partial charge is 0.355 e. The molecule has 1 aliphatic rings. The van der Waals surface area contributed by atoms with Crippen molar-refractivity contribution in [3.63, 3.8) is 0 Å². The Balaban J connectivity index is 1.30. The number of anilines is 1. The molecule has 5 rings (SSSR count). The Morgan fingerprint density at radius 3 is 2.79 bits per heavy atom. The molecule has 0 bridgehead atoms. The van der Waals surface area contributed by atoms with Gasteiger partial charge in [-0.3, -0.25) is 4.79 Å². The third kappa shape index (κ3) is 4.71. The first-order chi connectivity index (χ1) is 16.2. The highest BCUT2D eigenvalue weighted by Gasteiger charge is 2.27. The number of piperidine rings is 1. The summed E-state index contributed by atoms with van der Waals surface area (Å²) >= 11 is 6.39. The van der Waals surface area contributed by atoms with Crippen LogP contribution in [0.3, 0.4) is 0 Å². The first-order valence-corrected chi connectivity index (χ1v) is 11.7. The van der Waals surface area contributed by atoms with Crippen LogP contribution in [0.4, 0.5) is 5.82 Å². The van der Waals surface area contributed by atoms with E-state index < -0.39 is 0 Å². The van der Waals surface area contributed by atoms with Crippen LogP contribution in [0, 0.1) is 5.92 Å². The Morgan fingerprint density at radius 2 is 1.94 bits per heavy atom. The summed E-state index contributed by atoms with van der Waals surface area (Å²) in [6, 6.07) is 19.9. The minimum atomic E-state index is -0.0532. The van der Waals surface area contributed by atoms with Crippen LogP contribution in [0.1, 0.15) is 18.4 Å². The van der Waals surface area contributed by atoms with Crippen LogP contribution in [-0.2, 0) is 11.2 Å². The summed E-state index contributed by atoms with van der Waals surface area (Å²) in [4.78, 5) is 19.7. The third-order valence-corrected chi connectivity index (χ3v) is 6.50. The van der Waals surface area contributed by atoms with Crippen LogP contribution in [-0.4, -0.2) is 40.1 Å². The highest BCUT2D eigenvalue weighted by molar-refractivity contribution is 6.33. The Morgan fingerprint density at radius 1 is 1.12 bits per heavy atom. The molecule has 2 aromatic carbocycles. The van der Waals surface area contributed by atoms with Gasteiger partial charge in [-0.25, -0.2) is 9.50 Å². The van der Waals surface area contributed by atoms with Crippen molar-refractivity contribution >= 4 is 28.8 Å². The molecule has 6 nitrogen and oxygen atoms in total. The minimum absolute atomic E-state index is 0.0532. The molecule has 3 heterocycles. The summed E-state index contributed by atoms with van der Waals surface area (Å²) in [7, 11) is 0. The van der Waals surface area contributed by atoms with Crippen molar-refractivity contribution in [3.05, 3.63) is 83.6 Å². The molecule has 4 aromatic rings. The zero-order valence-corrected chi connectivity index (χ0v) is 19.1. The fourth-order valence-corrected chi connectivity index (χ4v) is 4.69. The smallest absolute Gasteiger partial charge is 0.224 e. The average molecular weight is 460 g/mol. The maximum absolute atomic E-state index is 12.9. The number of nitrogens with one attached hydrogen (secondary N) is 1. The number of hydrogen-bond acceptors (Lipinski definition) is 4. The van der Waals surface area contributed by atoms with Crippen LogP contribution in [0.25, 0.3) is 16.8 Å². The Kier molecular flexibility index (Phi) is 6.26. The number of rotatable bonds is 6. The van der Waals surface area contributed by atoms with Gasteiger partial charge in [-0.05, 0) is 37.0 Å². The van der Waals surface area contributed by atoms with E-state index in [1.165, 1.54) is 5.56 Å². The second kappa shape index (κ2) is 9.63. The normalized spacial score (nSPS) is 16.2. The number of carbonyl (C=O) groups excluding carboxylic acids is 1. The molecule has 1 saturated heterocycles. The lowest BCUT2D eigenvalue weighted by Gasteiger charge is -2.33. The molecule has 0 spiro atoms. The SMILES string of the molecule is O=C(NCCc1ccccc1)C1CCCN(c2nccn3nc(-c4ccccc4Cl)cc23)C1. The molecule has 0 radical (unpaired) electrons. The topological polar surface area (TPSA) is 62.5 Å². The van der Waals surface area contributed by atoms with Crippen molar-refractivity contribution in [2.45, 2.75) is 19.3 Å². The fraction of sp³-hybridized carbons (Fsp3) is 0.269. The van der Waals surface area contributed by atoms with E-state index in [0.29, 0.717) is 18.1 Å². The predicted octanol–water partition coefficient (Wildman–Crippen LogP) is 4.63. The van der Waals surface area contributed by atoms with Crippen molar-refractivity contribution in [3.8, 4) is 11.3 Å². The van der Waals surface area contributed by atoms with Gasteiger partial charge in [-0.15, -0.1) is 0 Å². The van der Waals surface area contributed by atoms with Crippen LogP contribution in [0.15, 0.2) is 73.1 Å². The molecule has 7 heteroatoms. The lowest BCUT2D eigenvalue weighted by atomic mass is 9.97. The Hall–Kier alpha value is -3.38. The molecule has 2 aromatic heterocycles.